The summed E-state index contributed by atoms with van der Waals surface area (Å²) in [7, 11) is 0. The molecule has 0 saturated carbocycles. The predicted molar refractivity (Wildman–Crippen MR) is 57.6 cm³/mol. The first-order valence-corrected chi connectivity index (χ1v) is 5.06. The van der Waals surface area contributed by atoms with Crippen LogP contribution in [0.5, 0.6) is 0 Å². The number of nitrogens with zero attached hydrogens (tertiary/aromatic N) is 4. The molecule has 86 valence electrons. The highest BCUT2D eigenvalue weighted by Gasteiger charge is 2.21. The Morgan fingerprint density at radius 1 is 1.50 bits per heavy atom. The van der Waals surface area contributed by atoms with Crippen LogP contribution in [0.4, 0.5) is 0 Å². The largest absolute Gasteiger partial charge is 0.337 e. The zero-order chi connectivity index (χ0) is 11.8. The van der Waals surface area contributed by atoms with Crippen LogP contribution in [-0.4, -0.2) is 19.9 Å². The first-order chi connectivity index (χ1) is 7.45. The van der Waals surface area contributed by atoms with Crippen LogP contribution in [0.1, 0.15) is 31.1 Å². The minimum absolute atomic E-state index is 0.469. The third kappa shape index (κ3) is 2.27. The van der Waals surface area contributed by atoms with Crippen molar-refractivity contribution in [3.63, 3.8) is 0 Å². The predicted octanol–water partition coefficient (Wildman–Crippen LogP) is 0.817. The first kappa shape index (κ1) is 10.8. The van der Waals surface area contributed by atoms with Gasteiger partial charge in [0.05, 0.1) is 11.7 Å². The molecule has 0 atom stereocenters. The Hall–Kier alpha value is -1.69. The molecule has 6 heteroatoms. The molecule has 2 heterocycles. The lowest BCUT2D eigenvalue weighted by Crippen LogP contribution is -2.30. The van der Waals surface area contributed by atoms with Crippen molar-refractivity contribution in [2.45, 2.75) is 32.9 Å². The second-order valence-electron chi connectivity index (χ2n) is 4.45. The van der Waals surface area contributed by atoms with E-state index in [2.05, 4.69) is 15.2 Å². The zero-order valence-corrected chi connectivity index (χ0v) is 9.64. The molecule has 0 radical (unpaired) electrons. The summed E-state index contributed by atoms with van der Waals surface area (Å²) < 4.78 is 6.85. The molecule has 0 spiro atoms. The van der Waals surface area contributed by atoms with E-state index in [0.717, 1.165) is 5.56 Å². The van der Waals surface area contributed by atoms with E-state index in [1.807, 2.05) is 27.0 Å². The quantitative estimate of drug-likeness (QED) is 0.829. The van der Waals surface area contributed by atoms with Gasteiger partial charge < -0.3 is 10.3 Å². The molecule has 0 fully saturated rings. The minimum Gasteiger partial charge on any atom is -0.337 e. The van der Waals surface area contributed by atoms with Gasteiger partial charge in [-0.15, -0.1) is 0 Å². The van der Waals surface area contributed by atoms with Gasteiger partial charge >= 0.3 is 0 Å². The molecule has 0 amide bonds. The summed E-state index contributed by atoms with van der Waals surface area (Å²) in [5.41, 5.74) is 6.37. The van der Waals surface area contributed by atoms with Crippen LogP contribution in [0, 0.1) is 6.92 Å². The van der Waals surface area contributed by atoms with Gasteiger partial charge in [0.1, 0.15) is 6.54 Å². The van der Waals surface area contributed by atoms with Crippen LogP contribution in [0.3, 0.4) is 0 Å². The average Bonchev–Trinajstić information content (AvgIpc) is 2.74. The van der Waals surface area contributed by atoms with Crippen molar-refractivity contribution >= 4 is 0 Å². The van der Waals surface area contributed by atoms with Crippen LogP contribution in [0.15, 0.2) is 16.9 Å². The zero-order valence-electron chi connectivity index (χ0n) is 9.64. The molecule has 2 rings (SSSR count). The maximum absolute atomic E-state index is 5.86. The highest BCUT2D eigenvalue weighted by molar-refractivity contribution is 5.02. The van der Waals surface area contributed by atoms with Gasteiger partial charge in [-0.25, -0.2) is 0 Å². The van der Waals surface area contributed by atoms with Gasteiger partial charge in [0, 0.05) is 6.20 Å². The molecule has 0 bridgehead atoms. The summed E-state index contributed by atoms with van der Waals surface area (Å²) in [4.78, 5) is 4.22. The van der Waals surface area contributed by atoms with Crippen LogP contribution in [0.25, 0.3) is 0 Å². The Morgan fingerprint density at radius 2 is 2.25 bits per heavy atom. The molecule has 6 nitrogen and oxygen atoms in total. The average molecular weight is 221 g/mol. The standard InChI is InChI=1S/C10H15N5O/c1-7-4-12-15(5-7)6-8-13-9(14-16-8)10(2,3)11/h4-5H,6,11H2,1-3H3. The smallest absolute Gasteiger partial charge is 0.248 e. The Kier molecular flexibility index (Phi) is 2.51. The van der Waals surface area contributed by atoms with E-state index in [4.69, 9.17) is 10.3 Å². The van der Waals surface area contributed by atoms with Crippen LogP contribution in [0.2, 0.25) is 0 Å². The van der Waals surface area contributed by atoms with Crippen molar-refractivity contribution in [1.29, 1.82) is 0 Å². The number of nitrogens with two attached hydrogens (primary N) is 1. The summed E-state index contributed by atoms with van der Waals surface area (Å²) >= 11 is 0. The van der Waals surface area contributed by atoms with Crippen molar-refractivity contribution < 1.29 is 4.52 Å². The molecule has 2 aromatic rings. The van der Waals surface area contributed by atoms with Gasteiger partial charge in [-0.1, -0.05) is 5.16 Å². The van der Waals surface area contributed by atoms with Gasteiger partial charge in [0.25, 0.3) is 0 Å². The second-order valence-corrected chi connectivity index (χ2v) is 4.45. The number of rotatable bonds is 3. The monoisotopic (exact) mass is 221 g/mol. The summed E-state index contributed by atoms with van der Waals surface area (Å²) in [5, 5.41) is 7.98. The lowest BCUT2D eigenvalue weighted by Gasteiger charge is -2.11. The van der Waals surface area contributed by atoms with E-state index >= 15 is 0 Å². The van der Waals surface area contributed by atoms with Crippen molar-refractivity contribution in [1.82, 2.24) is 19.9 Å². The summed E-state index contributed by atoms with van der Waals surface area (Å²) in [5.74, 6) is 1.02. The lowest BCUT2D eigenvalue weighted by atomic mass is 10.1. The molecule has 0 saturated heterocycles. The van der Waals surface area contributed by atoms with Gasteiger partial charge in [0.15, 0.2) is 5.82 Å². The fourth-order valence-electron chi connectivity index (χ4n) is 1.27. The maximum atomic E-state index is 5.86. The van der Waals surface area contributed by atoms with Crippen LogP contribution >= 0.6 is 0 Å². The van der Waals surface area contributed by atoms with Gasteiger partial charge in [-0.05, 0) is 26.3 Å². The first-order valence-electron chi connectivity index (χ1n) is 5.06. The minimum atomic E-state index is -0.582. The fraction of sp³-hybridized carbons (Fsp3) is 0.500. The normalized spacial score (nSPS) is 12.0. The number of hydrogen-bond donors (Lipinski definition) is 1. The Labute approximate surface area is 93.4 Å². The molecule has 0 aliphatic carbocycles. The van der Waals surface area contributed by atoms with E-state index in [-0.39, 0.29) is 0 Å². The Morgan fingerprint density at radius 3 is 2.75 bits per heavy atom. The van der Waals surface area contributed by atoms with Crippen molar-refractivity contribution in [3.05, 3.63) is 29.7 Å². The van der Waals surface area contributed by atoms with Gasteiger partial charge in [-0.3, -0.25) is 4.68 Å². The lowest BCUT2D eigenvalue weighted by molar-refractivity contribution is 0.351. The molecular formula is C10H15N5O. The molecule has 0 unspecified atom stereocenters. The van der Waals surface area contributed by atoms with E-state index in [1.165, 1.54) is 0 Å². The van der Waals surface area contributed by atoms with E-state index in [9.17, 15) is 0 Å². The van der Waals surface area contributed by atoms with Crippen LogP contribution < -0.4 is 5.73 Å². The fourth-order valence-corrected chi connectivity index (χ4v) is 1.27. The summed E-state index contributed by atoms with van der Waals surface area (Å²) in [6.07, 6.45) is 3.70. The number of aryl methyl sites for hydroxylation is 1. The number of aromatic nitrogens is 4. The Balaban J connectivity index is 2.14. The third-order valence-corrected chi connectivity index (χ3v) is 2.10. The topological polar surface area (TPSA) is 82.8 Å². The molecule has 0 aliphatic heterocycles. The molecule has 0 aliphatic rings. The second kappa shape index (κ2) is 3.71. The van der Waals surface area contributed by atoms with Gasteiger partial charge in [-0.2, -0.15) is 10.1 Å². The van der Waals surface area contributed by atoms with E-state index in [0.29, 0.717) is 18.3 Å². The molecular weight excluding hydrogens is 206 g/mol. The number of hydrogen-bond acceptors (Lipinski definition) is 5. The van der Waals surface area contributed by atoms with Crippen LogP contribution in [-0.2, 0) is 12.1 Å². The maximum Gasteiger partial charge on any atom is 0.248 e. The van der Waals surface area contributed by atoms with E-state index in [1.54, 1.807) is 10.9 Å². The highest BCUT2D eigenvalue weighted by Crippen LogP contribution is 2.12. The van der Waals surface area contributed by atoms with Crippen molar-refractivity contribution in [2.75, 3.05) is 0 Å². The summed E-state index contributed by atoms with van der Waals surface area (Å²) in [6, 6.07) is 0. The van der Waals surface area contributed by atoms with Crippen molar-refractivity contribution in [3.8, 4) is 0 Å². The SMILES string of the molecule is Cc1cnn(Cc2nc(C(C)(C)N)no2)c1. The third-order valence-electron chi connectivity index (χ3n) is 2.10. The summed E-state index contributed by atoms with van der Waals surface area (Å²) in [6.45, 7) is 6.11. The molecule has 2 N–H and O–H groups in total. The van der Waals surface area contributed by atoms with Gasteiger partial charge in [0.2, 0.25) is 5.89 Å². The molecule has 2 aromatic heterocycles. The van der Waals surface area contributed by atoms with E-state index < -0.39 is 5.54 Å². The Bertz CT molecular complexity index is 479. The molecule has 16 heavy (non-hydrogen) atoms. The molecule has 0 aromatic carbocycles. The van der Waals surface area contributed by atoms with Crippen molar-refractivity contribution in [2.24, 2.45) is 5.73 Å². The highest BCUT2D eigenvalue weighted by atomic mass is 16.5.